The third-order valence-electron chi connectivity index (χ3n) is 3.98. The average Bonchev–Trinajstić information content (AvgIpc) is 2.93. The SMILES string of the molecule is CCN(CC)c1nc(C)[nH]c2cc(-c3ccc(C)cc3)nc1-2. The van der Waals surface area contributed by atoms with Gasteiger partial charge in [0.05, 0.1) is 11.4 Å². The van der Waals surface area contributed by atoms with E-state index in [0.29, 0.717) is 0 Å². The molecule has 0 amide bonds. The molecule has 2 aliphatic heterocycles. The topological polar surface area (TPSA) is 44.8 Å². The monoisotopic (exact) mass is 294 g/mol. The molecule has 0 aliphatic carbocycles. The molecule has 4 nitrogen and oxygen atoms in total. The third kappa shape index (κ3) is 2.56. The summed E-state index contributed by atoms with van der Waals surface area (Å²) < 4.78 is 0. The Morgan fingerprint density at radius 2 is 1.68 bits per heavy atom. The van der Waals surface area contributed by atoms with E-state index >= 15 is 0 Å². The molecule has 114 valence electrons. The van der Waals surface area contributed by atoms with E-state index < -0.39 is 0 Å². The first-order valence-electron chi connectivity index (χ1n) is 7.81. The fourth-order valence-corrected chi connectivity index (χ4v) is 2.73. The maximum Gasteiger partial charge on any atom is 0.158 e. The highest BCUT2D eigenvalue weighted by molar-refractivity contribution is 5.78. The summed E-state index contributed by atoms with van der Waals surface area (Å²) in [7, 11) is 0. The molecule has 22 heavy (non-hydrogen) atoms. The highest BCUT2D eigenvalue weighted by atomic mass is 15.2. The second-order valence-corrected chi connectivity index (χ2v) is 5.59. The number of aryl methyl sites for hydroxylation is 2. The molecule has 0 saturated carbocycles. The lowest BCUT2D eigenvalue weighted by molar-refractivity contribution is 0.833. The van der Waals surface area contributed by atoms with Crippen LogP contribution in [0.3, 0.4) is 0 Å². The molecule has 2 heterocycles. The van der Waals surface area contributed by atoms with Gasteiger partial charge in [0.15, 0.2) is 5.82 Å². The lowest BCUT2D eigenvalue weighted by Gasteiger charge is -2.22. The summed E-state index contributed by atoms with van der Waals surface area (Å²) in [5, 5.41) is 0. The molecule has 0 fully saturated rings. The van der Waals surface area contributed by atoms with Crippen molar-refractivity contribution in [1.29, 1.82) is 0 Å². The predicted molar refractivity (Wildman–Crippen MR) is 91.5 cm³/mol. The molecule has 0 radical (unpaired) electrons. The minimum Gasteiger partial charge on any atom is -0.355 e. The van der Waals surface area contributed by atoms with Gasteiger partial charge in [-0.05, 0) is 33.8 Å². The Balaban J connectivity index is 2.14. The quantitative estimate of drug-likeness (QED) is 0.790. The lowest BCUT2D eigenvalue weighted by Crippen LogP contribution is -2.24. The van der Waals surface area contributed by atoms with Crippen LogP contribution in [0.2, 0.25) is 0 Å². The zero-order valence-corrected chi connectivity index (χ0v) is 13.6. The fraction of sp³-hybridized carbons (Fsp3) is 0.333. The summed E-state index contributed by atoms with van der Waals surface area (Å²) in [5.41, 5.74) is 5.38. The van der Waals surface area contributed by atoms with Crippen LogP contribution < -0.4 is 4.90 Å². The van der Waals surface area contributed by atoms with E-state index in [0.717, 1.165) is 47.4 Å². The maximum atomic E-state index is 4.84. The van der Waals surface area contributed by atoms with Crippen molar-refractivity contribution in [3.8, 4) is 22.6 Å². The van der Waals surface area contributed by atoms with Crippen molar-refractivity contribution in [2.24, 2.45) is 0 Å². The summed E-state index contributed by atoms with van der Waals surface area (Å²) in [5.74, 6) is 1.88. The van der Waals surface area contributed by atoms with Crippen LogP contribution in [0.4, 0.5) is 5.82 Å². The molecular formula is C18H22N4. The van der Waals surface area contributed by atoms with Gasteiger partial charge >= 0.3 is 0 Å². The van der Waals surface area contributed by atoms with Crippen molar-refractivity contribution >= 4 is 5.82 Å². The van der Waals surface area contributed by atoms with E-state index in [1.165, 1.54) is 5.56 Å². The number of aromatic amines is 1. The van der Waals surface area contributed by atoms with Gasteiger partial charge < -0.3 is 9.88 Å². The zero-order chi connectivity index (χ0) is 15.7. The predicted octanol–water partition coefficient (Wildman–Crippen LogP) is 4.04. The van der Waals surface area contributed by atoms with Gasteiger partial charge in [0.1, 0.15) is 11.5 Å². The van der Waals surface area contributed by atoms with E-state index in [4.69, 9.17) is 4.98 Å². The number of nitrogens with zero attached hydrogens (tertiary/aromatic N) is 3. The van der Waals surface area contributed by atoms with Crippen LogP contribution in [-0.2, 0) is 0 Å². The Kier molecular flexibility index (Phi) is 3.84. The third-order valence-corrected chi connectivity index (χ3v) is 3.98. The standard InChI is InChI=1S/C18H22N4/c1-5-22(6-2)18-17-16(19-13(4)20-18)11-15(21-17)14-9-7-12(3)8-10-14/h7-11H,5-6H2,1-4H3,(H,19,20). The van der Waals surface area contributed by atoms with Crippen molar-refractivity contribution in [2.45, 2.75) is 27.7 Å². The highest BCUT2D eigenvalue weighted by Crippen LogP contribution is 2.33. The van der Waals surface area contributed by atoms with Gasteiger partial charge in [-0.2, -0.15) is 0 Å². The maximum absolute atomic E-state index is 4.84. The summed E-state index contributed by atoms with van der Waals surface area (Å²) in [6, 6.07) is 10.6. The molecule has 1 aromatic carbocycles. The lowest BCUT2D eigenvalue weighted by atomic mass is 10.1. The largest absolute Gasteiger partial charge is 0.355 e. The van der Waals surface area contributed by atoms with E-state index in [2.05, 4.69) is 66.0 Å². The normalized spacial score (nSPS) is 11.1. The Morgan fingerprint density at radius 1 is 1.00 bits per heavy atom. The first-order chi connectivity index (χ1) is 10.6. The molecule has 1 N–H and O–H groups in total. The molecule has 1 aromatic rings. The molecule has 0 bridgehead atoms. The number of nitrogens with one attached hydrogen (secondary N) is 1. The molecule has 0 saturated heterocycles. The van der Waals surface area contributed by atoms with Crippen LogP contribution in [-0.4, -0.2) is 28.0 Å². The van der Waals surface area contributed by atoms with Gasteiger partial charge in [-0.1, -0.05) is 29.8 Å². The second-order valence-electron chi connectivity index (χ2n) is 5.59. The summed E-state index contributed by atoms with van der Waals surface area (Å²) in [6.07, 6.45) is 0. The van der Waals surface area contributed by atoms with Gasteiger partial charge in [0.25, 0.3) is 0 Å². The van der Waals surface area contributed by atoms with Crippen LogP contribution >= 0.6 is 0 Å². The number of H-pyrrole nitrogens is 1. The molecule has 0 atom stereocenters. The van der Waals surface area contributed by atoms with E-state index in [1.54, 1.807) is 0 Å². The van der Waals surface area contributed by atoms with Crippen LogP contribution in [0.5, 0.6) is 0 Å². The number of aromatic nitrogens is 3. The van der Waals surface area contributed by atoms with E-state index in [1.807, 2.05) is 6.92 Å². The van der Waals surface area contributed by atoms with Crippen molar-refractivity contribution < 1.29 is 0 Å². The number of fused-ring (bicyclic) bond motifs is 1. The van der Waals surface area contributed by atoms with Gasteiger partial charge in [-0.15, -0.1) is 0 Å². The number of hydrogen-bond donors (Lipinski definition) is 1. The van der Waals surface area contributed by atoms with Crippen LogP contribution in [0.25, 0.3) is 22.6 Å². The van der Waals surface area contributed by atoms with Crippen molar-refractivity contribution in [2.75, 3.05) is 18.0 Å². The highest BCUT2D eigenvalue weighted by Gasteiger charge is 2.20. The van der Waals surface area contributed by atoms with Crippen LogP contribution in [0, 0.1) is 13.8 Å². The zero-order valence-electron chi connectivity index (χ0n) is 13.6. The second kappa shape index (κ2) is 5.79. The van der Waals surface area contributed by atoms with Crippen molar-refractivity contribution in [3.63, 3.8) is 0 Å². The van der Waals surface area contributed by atoms with Crippen molar-refractivity contribution in [1.82, 2.24) is 15.0 Å². The molecule has 0 spiro atoms. The van der Waals surface area contributed by atoms with Gasteiger partial charge in [-0.3, -0.25) is 0 Å². The minimum atomic E-state index is 0.914. The minimum absolute atomic E-state index is 0.914. The van der Waals surface area contributed by atoms with Gasteiger partial charge in [0.2, 0.25) is 0 Å². The summed E-state index contributed by atoms with van der Waals surface area (Å²) >= 11 is 0. The van der Waals surface area contributed by atoms with Gasteiger partial charge in [0, 0.05) is 18.7 Å². The fourth-order valence-electron chi connectivity index (χ4n) is 2.73. The Hall–Kier alpha value is -2.36. The summed E-state index contributed by atoms with van der Waals surface area (Å²) in [4.78, 5) is 15.1. The van der Waals surface area contributed by atoms with Gasteiger partial charge in [-0.25, -0.2) is 9.97 Å². The van der Waals surface area contributed by atoms with Crippen LogP contribution in [0.15, 0.2) is 30.3 Å². The Morgan fingerprint density at radius 3 is 2.32 bits per heavy atom. The Bertz CT molecular complexity index is 738. The van der Waals surface area contributed by atoms with Crippen LogP contribution in [0.1, 0.15) is 25.2 Å². The number of rotatable bonds is 4. The molecule has 2 aliphatic rings. The summed E-state index contributed by atoms with van der Waals surface area (Å²) in [6.45, 7) is 10.2. The molecule has 4 heteroatoms. The van der Waals surface area contributed by atoms with Crippen molar-refractivity contribution in [3.05, 3.63) is 41.7 Å². The molecular weight excluding hydrogens is 272 g/mol. The first kappa shape index (κ1) is 14.6. The van der Waals surface area contributed by atoms with E-state index in [9.17, 15) is 0 Å². The molecule has 0 unspecified atom stereocenters. The smallest absolute Gasteiger partial charge is 0.158 e. The number of anilines is 1. The molecule has 0 aromatic heterocycles. The average molecular weight is 294 g/mol. The first-order valence-corrected chi connectivity index (χ1v) is 7.81. The Labute approximate surface area is 131 Å². The number of benzene rings is 1. The molecule has 3 rings (SSSR count). The number of hydrogen-bond acceptors (Lipinski definition) is 3. The van der Waals surface area contributed by atoms with E-state index in [-0.39, 0.29) is 0 Å².